The molecule has 2 aliphatic rings. The number of benzene rings is 3. The lowest BCUT2D eigenvalue weighted by atomic mass is 9.80. The van der Waals surface area contributed by atoms with Crippen molar-refractivity contribution in [3.8, 4) is 0 Å². The molecule has 2 atom stereocenters. The summed E-state index contributed by atoms with van der Waals surface area (Å²) in [5.74, 6) is 0.188. The molecule has 2 unspecified atom stereocenters. The maximum atomic E-state index is 13.7. The number of urea groups is 1. The van der Waals surface area contributed by atoms with Crippen LogP contribution in [0.25, 0.3) is 0 Å². The van der Waals surface area contributed by atoms with Crippen LogP contribution < -0.4 is 16.4 Å². The molecule has 4 N–H and O–H groups in total. The molecule has 5 rings (SSSR count). The van der Waals surface area contributed by atoms with Gasteiger partial charge < -0.3 is 21.3 Å². The molecule has 1 saturated heterocycles. The van der Waals surface area contributed by atoms with Crippen molar-refractivity contribution in [2.24, 2.45) is 11.7 Å². The smallest absolute Gasteiger partial charge is 0.312 e. The van der Waals surface area contributed by atoms with Gasteiger partial charge in [0.15, 0.2) is 0 Å². The maximum absolute atomic E-state index is 13.7. The Balaban J connectivity index is 1.28. The van der Waals surface area contributed by atoms with Crippen LogP contribution in [0.1, 0.15) is 36.0 Å². The highest BCUT2D eigenvalue weighted by Crippen LogP contribution is 2.56. The predicted octanol–water partition coefficient (Wildman–Crippen LogP) is 5.27. The average Bonchev–Trinajstić information content (AvgIpc) is 3.67. The number of nitrogens with two attached hydrogens (primary N) is 1. The van der Waals surface area contributed by atoms with E-state index >= 15 is 0 Å². The van der Waals surface area contributed by atoms with Gasteiger partial charge in [0.25, 0.3) is 0 Å². The molecular weight excluding hydrogens is 531 g/mol. The number of primary amides is 1. The largest absolute Gasteiger partial charge is 0.355 e. The minimum atomic E-state index is -0.635. The Hall–Kier alpha value is -3.06. The van der Waals surface area contributed by atoms with Gasteiger partial charge in [0, 0.05) is 26.2 Å². The number of nitrogens with zero attached hydrogens (tertiary/aromatic N) is 1. The SMILES string of the molecule is NC(=O)NC1(c2ccccc2)CCN(CC2CC2(C(=O)NCCc2ccccc2)c2ccc(Cl)c(Cl)c2)CC1. The quantitative estimate of drug-likeness (QED) is 0.331. The topological polar surface area (TPSA) is 87.5 Å². The third-order valence-corrected chi connectivity index (χ3v) is 9.10. The monoisotopic (exact) mass is 564 g/mol. The first-order valence-electron chi connectivity index (χ1n) is 13.5. The molecule has 3 aromatic rings. The number of piperidine rings is 1. The number of hydrogen-bond donors (Lipinski definition) is 3. The number of halogens is 2. The third kappa shape index (κ3) is 5.93. The fourth-order valence-corrected chi connectivity index (χ4v) is 6.42. The van der Waals surface area contributed by atoms with Crippen molar-refractivity contribution in [1.82, 2.24) is 15.5 Å². The van der Waals surface area contributed by atoms with Crippen LogP contribution in [0, 0.1) is 5.92 Å². The molecule has 0 radical (unpaired) electrons. The average molecular weight is 566 g/mol. The normalized spacial score (nSPS) is 22.2. The number of rotatable bonds is 9. The van der Waals surface area contributed by atoms with Crippen LogP contribution in [0.4, 0.5) is 4.79 Å². The Kier molecular flexibility index (Phi) is 8.17. The minimum absolute atomic E-state index is 0.0351. The van der Waals surface area contributed by atoms with E-state index in [4.69, 9.17) is 28.9 Å². The van der Waals surface area contributed by atoms with E-state index in [9.17, 15) is 9.59 Å². The van der Waals surface area contributed by atoms with Crippen LogP contribution in [-0.4, -0.2) is 43.0 Å². The fourth-order valence-electron chi connectivity index (χ4n) is 6.12. The number of hydrogen-bond acceptors (Lipinski definition) is 3. The van der Waals surface area contributed by atoms with Gasteiger partial charge in [-0.25, -0.2) is 4.79 Å². The van der Waals surface area contributed by atoms with Gasteiger partial charge in [-0.3, -0.25) is 4.79 Å². The highest BCUT2D eigenvalue weighted by atomic mass is 35.5. The molecule has 6 nitrogen and oxygen atoms in total. The second-order valence-corrected chi connectivity index (χ2v) is 11.5. The zero-order valence-electron chi connectivity index (χ0n) is 21.8. The van der Waals surface area contributed by atoms with Gasteiger partial charge in [-0.05, 0) is 60.4 Å². The molecule has 1 aliphatic heterocycles. The van der Waals surface area contributed by atoms with Gasteiger partial charge >= 0.3 is 6.03 Å². The minimum Gasteiger partial charge on any atom is -0.355 e. The van der Waals surface area contributed by atoms with E-state index in [1.165, 1.54) is 5.56 Å². The van der Waals surface area contributed by atoms with E-state index in [-0.39, 0.29) is 11.8 Å². The molecule has 0 aromatic heterocycles. The number of carbonyl (C=O) groups is 2. The molecule has 1 saturated carbocycles. The van der Waals surface area contributed by atoms with Crippen molar-refractivity contribution in [1.29, 1.82) is 0 Å². The highest BCUT2D eigenvalue weighted by molar-refractivity contribution is 6.42. The van der Waals surface area contributed by atoms with Crippen LogP contribution in [0.2, 0.25) is 10.0 Å². The van der Waals surface area contributed by atoms with Crippen molar-refractivity contribution in [2.75, 3.05) is 26.2 Å². The van der Waals surface area contributed by atoms with Gasteiger partial charge in [-0.15, -0.1) is 0 Å². The molecular formula is C31H34Cl2N4O2. The second kappa shape index (κ2) is 11.6. The van der Waals surface area contributed by atoms with Gasteiger partial charge in [0.05, 0.1) is 21.0 Å². The lowest BCUT2D eigenvalue weighted by Gasteiger charge is -2.42. The van der Waals surface area contributed by atoms with Crippen molar-refractivity contribution in [3.63, 3.8) is 0 Å². The summed E-state index contributed by atoms with van der Waals surface area (Å²) >= 11 is 12.6. The third-order valence-electron chi connectivity index (χ3n) is 8.36. The van der Waals surface area contributed by atoms with E-state index < -0.39 is 17.0 Å². The fraction of sp³-hybridized carbons (Fsp3) is 0.355. The lowest BCUT2D eigenvalue weighted by Crippen LogP contribution is -2.54. The molecule has 3 aromatic carbocycles. The zero-order chi connectivity index (χ0) is 27.5. The molecule has 39 heavy (non-hydrogen) atoms. The Labute approximate surface area is 239 Å². The van der Waals surface area contributed by atoms with E-state index in [1.54, 1.807) is 6.07 Å². The van der Waals surface area contributed by atoms with Crippen LogP contribution in [0.3, 0.4) is 0 Å². The molecule has 0 bridgehead atoms. The first-order chi connectivity index (χ1) is 18.8. The van der Waals surface area contributed by atoms with Crippen LogP contribution in [-0.2, 0) is 22.2 Å². The van der Waals surface area contributed by atoms with Crippen molar-refractivity contribution < 1.29 is 9.59 Å². The van der Waals surface area contributed by atoms with E-state index in [0.717, 1.165) is 56.4 Å². The first-order valence-corrected chi connectivity index (χ1v) is 14.2. The molecule has 204 valence electrons. The van der Waals surface area contributed by atoms with Crippen LogP contribution >= 0.6 is 23.2 Å². The van der Waals surface area contributed by atoms with Crippen LogP contribution in [0.15, 0.2) is 78.9 Å². The number of amides is 3. The highest BCUT2D eigenvalue weighted by Gasteiger charge is 2.61. The Bertz CT molecular complexity index is 1310. The molecule has 0 spiro atoms. The van der Waals surface area contributed by atoms with Crippen molar-refractivity contribution in [3.05, 3.63) is 106 Å². The summed E-state index contributed by atoms with van der Waals surface area (Å²) in [6.45, 7) is 2.94. The maximum Gasteiger partial charge on any atom is 0.312 e. The predicted molar refractivity (Wildman–Crippen MR) is 156 cm³/mol. The number of nitrogens with one attached hydrogen (secondary N) is 2. The van der Waals surface area contributed by atoms with E-state index in [1.807, 2.05) is 60.7 Å². The summed E-state index contributed by atoms with van der Waals surface area (Å²) in [5, 5.41) is 7.16. The van der Waals surface area contributed by atoms with Gasteiger partial charge in [0.1, 0.15) is 0 Å². The Morgan fingerprint density at radius 1 is 0.897 bits per heavy atom. The lowest BCUT2D eigenvalue weighted by molar-refractivity contribution is -0.124. The van der Waals surface area contributed by atoms with E-state index in [2.05, 4.69) is 27.7 Å². The molecule has 2 fully saturated rings. The molecule has 3 amide bonds. The summed E-state index contributed by atoms with van der Waals surface area (Å²) in [4.78, 5) is 28.0. The zero-order valence-corrected chi connectivity index (χ0v) is 23.3. The molecule has 1 aliphatic carbocycles. The van der Waals surface area contributed by atoms with Gasteiger partial charge in [0.2, 0.25) is 5.91 Å². The number of likely N-dealkylation sites (tertiary alicyclic amines) is 1. The number of carbonyl (C=O) groups excluding carboxylic acids is 2. The van der Waals surface area contributed by atoms with Gasteiger partial charge in [-0.2, -0.15) is 0 Å². The summed E-state index contributed by atoms with van der Waals surface area (Å²) in [6.07, 6.45) is 3.02. The van der Waals surface area contributed by atoms with Crippen molar-refractivity contribution in [2.45, 2.75) is 36.6 Å². The summed E-state index contributed by atoms with van der Waals surface area (Å²) in [6, 6.07) is 25.2. The Morgan fingerprint density at radius 2 is 1.56 bits per heavy atom. The Morgan fingerprint density at radius 3 is 2.21 bits per heavy atom. The van der Waals surface area contributed by atoms with Crippen molar-refractivity contribution >= 4 is 35.1 Å². The standard InChI is InChI=1S/C31H34Cl2N4O2/c32-26-12-11-24(19-27(26)33)31(28(38)35-16-13-22-7-3-1-4-8-22)20-25(31)21-37-17-14-30(15-18-37,36-29(34)39)23-9-5-2-6-10-23/h1-12,19,25H,13-18,20-21H2,(H,35,38)(H3,34,36,39). The van der Waals surface area contributed by atoms with Crippen LogP contribution in [0.5, 0.6) is 0 Å². The first kappa shape index (κ1) is 27.5. The molecule has 1 heterocycles. The van der Waals surface area contributed by atoms with E-state index in [0.29, 0.717) is 16.6 Å². The van der Waals surface area contributed by atoms with Gasteiger partial charge in [-0.1, -0.05) is 89.9 Å². The summed E-state index contributed by atoms with van der Waals surface area (Å²) in [7, 11) is 0. The second-order valence-electron chi connectivity index (χ2n) is 10.7. The molecule has 8 heteroatoms. The summed E-state index contributed by atoms with van der Waals surface area (Å²) in [5.41, 5.74) is 7.62. The summed E-state index contributed by atoms with van der Waals surface area (Å²) < 4.78 is 0.